The van der Waals surface area contributed by atoms with Crippen molar-refractivity contribution in [3.05, 3.63) is 82.6 Å². The summed E-state index contributed by atoms with van der Waals surface area (Å²) in [5.74, 6) is -0.0309. The van der Waals surface area contributed by atoms with Crippen LogP contribution in [0.1, 0.15) is 23.1 Å². The van der Waals surface area contributed by atoms with Crippen molar-refractivity contribution in [3.63, 3.8) is 0 Å². The van der Waals surface area contributed by atoms with Crippen LogP contribution in [0.3, 0.4) is 0 Å². The molecular weight excluding hydrogens is 396 g/mol. The number of hydrogen-bond acceptors (Lipinski definition) is 3. The lowest BCUT2D eigenvalue weighted by Crippen LogP contribution is -2.36. The predicted molar refractivity (Wildman–Crippen MR) is 122 cm³/mol. The zero-order valence-corrected chi connectivity index (χ0v) is 18.0. The van der Waals surface area contributed by atoms with Gasteiger partial charge in [0, 0.05) is 35.6 Å². The summed E-state index contributed by atoms with van der Waals surface area (Å²) in [6.45, 7) is 6.17. The topological polar surface area (TPSA) is 50.2 Å². The average Bonchev–Trinajstić information content (AvgIpc) is 3.21. The number of carbonyl (C=O) groups is 1. The highest BCUT2D eigenvalue weighted by molar-refractivity contribution is 6.30. The van der Waals surface area contributed by atoms with Gasteiger partial charge in [-0.2, -0.15) is 5.10 Å². The standard InChI is InChI=1S/C24H25ClN4O/c1-17-6-7-23(12-18(17)2)29-15-20(14-26-29)19-8-10-28(11-9-19)16-24(30)27-22-5-3-4-21(25)13-22/h3-8,12-15H,9-11,16H2,1-2H3,(H,27,30). The lowest BCUT2D eigenvalue weighted by molar-refractivity contribution is -0.117. The Hall–Kier alpha value is -2.89. The second-order valence-electron chi connectivity index (χ2n) is 7.72. The highest BCUT2D eigenvalue weighted by Gasteiger charge is 2.17. The molecule has 0 radical (unpaired) electrons. The number of hydrogen-bond donors (Lipinski definition) is 1. The van der Waals surface area contributed by atoms with Gasteiger partial charge in [0.05, 0.1) is 18.4 Å². The van der Waals surface area contributed by atoms with E-state index in [1.54, 1.807) is 12.1 Å². The fraction of sp³-hybridized carbons (Fsp3) is 0.250. The van der Waals surface area contributed by atoms with Crippen molar-refractivity contribution < 1.29 is 4.79 Å². The summed E-state index contributed by atoms with van der Waals surface area (Å²) < 4.78 is 1.92. The monoisotopic (exact) mass is 420 g/mol. The summed E-state index contributed by atoms with van der Waals surface area (Å²) in [7, 11) is 0. The Bertz CT molecular complexity index is 1100. The Kier molecular flexibility index (Phi) is 6.02. The number of nitrogens with zero attached hydrogens (tertiary/aromatic N) is 3. The number of carbonyl (C=O) groups excluding carboxylic acids is 1. The van der Waals surface area contributed by atoms with Gasteiger partial charge in [0.15, 0.2) is 0 Å². The first kappa shape index (κ1) is 20.4. The molecule has 1 aromatic heterocycles. The minimum atomic E-state index is -0.0309. The van der Waals surface area contributed by atoms with Crippen LogP contribution in [0, 0.1) is 13.8 Å². The number of aromatic nitrogens is 2. The first-order valence-corrected chi connectivity index (χ1v) is 10.5. The van der Waals surface area contributed by atoms with Crippen LogP contribution in [0.25, 0.3) is 11.3 Å². The summed E-state index contributed by atoms with van der Waals surface area (Å²) >= 11 is 5.97. The molecule has 0 fully saturated rings. The zero-order valence-electron chi connectivity index (χ0n) is 17.2. The summed E-state index contributed by atoms with van der Waals surface area (Å²) in [5.41, 5.74) is 6.74. The van der Waals surface area contributed by atoms with E-state index in [0.29, 0.717) is 11.6 Å². The van der Waals surface area contributed by atoms with Crippen molar-refractivity contribution in [2.24, 2.45) is 0 Å². The van der Waals surface area contributed by atoms with Gasteiger partial charge in [0.2, 0.25) is 5.91 Å². The smallest absolute Gasteiger partial charge is 0.238 e. The van der Waals surface area contributed by atoms with Crippen LogP contribution < -0.4 is 5.32 Å². The molecule has 30 heavy (non-hydrogen) atoms. The number of benzene rings is 2. The Morgan fingerprint density at radius 2 is 2.03 bits per heavy atom. The lowest BCUT2D eigenvalue weighted by atomic mass is 10.0. The van der Waals surface area contributed by atoms with Gasteiger partial charge in [-0.05, 0) is 67.3 Å². The van der Waals surface area contributed by atoms with Gasteiger partial charge >= 0.3 is 0 Å². The van der Waals surface area contributed by atoms with Crippen LogP contribution in [0.4, 0.5) is 5.69 Å². The molecule has 1 aliphatic heterocycles. The van der Waals surface area contributed by atoms with E-state index in [1.165, 1.54) is 16.7 Å². The summed E-state index contributed by atoms with van der Waals surface area (Å²) in [4.78, 5) is 14.5. The largest absolute Gasteiger partial charge is 0.325 e. The van der Waals surface area contributed by atoms with Gasteiger partial charge in [-0.1, -0.05) is 29.8 Å². The van der Waals surface area contributed by atoms with Gasteiger partial charge in [0.25, 0.3) is 0 Å². The van der Waals surface area contributed by atoms with Crippen molar-refractivity contribution in [2.75, 3.05) is 25.0 Å². The maximum Gasteiger partial charge on any atom is 0.238 e. The quantitative estimate of drug-likeness (QED) is 0.640. The van der Waals surface area contributed by atoms with Gasteiger partial charge < -0.3 is 5.32 Å². The third kappa shape index (κ3) is 4.81. The number of aryl methyl sites for hydroxylation is 2. The van der Waals surface area contributed by atoms with E-state index in [4.69, 9.17) is 11.6 Å². The minimum absolute atomic E-state index is 0.0309. The molecule has 0 spiro atoms. The Morgan fingerprint density at radius 1 is 1.17 bits per heavy atom. The predicted octanol–water partition coefficient (Wildman–Crippen LogP) is 4.87. The van der Waals surface area contributed by atoms with E-state index >= 15 is 0 Å². The van der Waals surface area contributed by atoms with E-state index in [9.17, 15) is 4.79 Å². The average molecular weight is 421 g/mol. The molecule has 2 aromatic carbocycles. The highest BCUT2D eigenvalue weighted by Crippen LogP contribution is 2.23. The molecule has 0 bridgehead atoms. The summed E-state index contributed by atoms with van der Waals surface area (Å²) in [5, 5.41) is 8.06. The van der Waals surface area contributed by atoms with Crippen LogP contribution in [0.15, 0.2) is 60.9 Å². The molecule has 1 N–H and O–H groups in total. The van der Waals surface area contributed by atoms with Crippen molar-refractivity contribution >= 4 is 28.8 Å². The number of nitrogens with one attached hydrogen (secondary N) is 1. The molecule has 3 aromatic rings. The third-order valence-corrected chi connectivity index (χ3v) is 5.71. The maximum absolute atomic E-state index is 12.3. The van der Waals surface area contributed by atoms with Crippen LogP contribution in [0.5, 0.6) is 0 Å². The summed E-state index contributed by atoms with van der Waals surface area (Å²) in [6.07, 6.45) is 7.08. The van der Waals surface area contributed by atoms with Gasteiger partial charge in [-0.3, -0.25) is 9.69 Å². The third-order valence-electron chi connectivity index (χ3n) is 5.48. The van der Waals surface area contributed by atoms with E-state index in [2.05, 4.69) is 59.6 Å². The van der Waals surface area contributed by atoms with Gasteiger partial charge in [-0.15, -0.1) is 0 Å². The molecule has 0 atom stereocenters. The lowest BCUT2D eigenvalue weighted by Gasteiger charge is -2.25. The molecule has 2 heterocycles. The number of halogens is 1. The minimum Gasteiger partial charge on any atom is -0.325 e. The Labute approximate surface area is 182 Å². The van der Waals surface area contributed by atoms with Gasteiger partial charge in [0.1, 0.15) is 0 Å². The molecule has 0 saturated heterocycles. The molecule has 1 amide bonds. The van der Waals surface area contributed by atoms with E-state index < -0.39 is 0 Å². The molecular formula is C24H25ClN4O. The zero-order chi connectivity index (χ0) is 21.1. The van der Waals surface area contributed by atoms with Crippen LogP contribution in [-0.2, 0) is 4.79 Å². The number of rotatable bonds is 5. The molecule has 154 valence electrons. The van der Waals surface area contributed by atoms with E-state index in [-0.39, 0.29) is 5.91 Å². The number of anilines is 1. The van der Waals surface area contributed by atoms with Crippen molar-refractivity contribution in [3.8, 4) is 5.69 Å². The van der Waals surface area contributed by atoms with Crippen molar-refractivity contribution in [1.29, 1.82) is 0 Å². The van der Waals surface area contributed by atoms with Crippen LogP contribution in [0.2, 0.25) is 5.02 Å². The van der Waals surface area contributed by atoms with E-state index in [1.807, 2.05) is 23.0 Å². The fourth-order valence-corrected chi connectivity index (χ4v) is 3.78. The number of amides is 1. The SMILES string of the molecule is Cc1ccc(-n2cc(C3=CCN(CC(=O)Nc4cccc(Cl)c4)CC3)cn2)cc1C. The highest BCUT2D eigenvalue weighted by atomic mass is 35.5. The molecule has 5 nitrogen and oxygen atoms in total. The molecule has 6 heteroatoms. The Balaban J connectivity index is 1.36. The van der Waals surface area contributed by atoms with Crippen LogP contribution in [-0.4, -0.2) is 40.2 Å². The Morgan fingerprint density at radius 3 is 2.77 bits per heavy atom. The molecule has 1 aliphatic rings. The molecule has 0 aliphatic carbocycles. The molecule has 0 saturated carbocycles. The summed E-state index contributed by atoms with van der Waals surface area (Å²) in [6, 6.07) is 13.6. The second-order valence-corrected chi connectivity index (χ2v) is 8.15. The normalized spacial score (nSPS) is 14.4. The van der Waals surface area contributed by atoms with Crippen LogP contribution >= 0.6 is 11.6 Å². The van der Waals surface area contributed by atoms with E-state index in [0.717, 1.165) is 36.4 Å². The first-order valence-electron chi connectivity index (χ1n) is 10.1. The van der Waals surface area contributed by atoms with Gasteiger partial charge in [-0.25, -0.2) is 4.68 Å². The fourth-order valence-electron chi connectivity index (χ4n) is 3.58. The molecule has 4 rings (SSSR count). The maximum atomic E-state index is 12.3. The van der Waals surface area contributed by atoms with Crippen molar-refractivity contribution in [1.82, 2.24) is 14.7 Å². The van der Waals surface area contributed by atoms with Crippen molar-refractivity contribution in [2.45, 2.75) is 20.3 Å². The molecule has 0 unspecified atom stereocenters. The second kappa shape index (κ2) is 8.86. The first-order chi connectivity index (χ1) is 14.5.